The fourth-order valence-corrected chi connectivity index (χ4v) is 5.70. The minimum atomic E-state index is -0.230. The Hall–Kier alpha value is -2.51. The van der Waals surface area contributed by atoms with Crippen LogP contribution >= 0.6 is 11.6 Å². The fourth-order valence-electron chi connectivity index (χ4n) is 5.49. The van der Waals surface area contributed by atoms with Crippen molar-refractivity contribution in [3.8, 4) is 5.75 Å². The van der Waals surface area contributed by atoms with Crippen molar-refractivity contribution in [3.05, 3.63) is 70.0 Å². The molecule has 4 rings (SSSR count). The number of benzene rings is 2. The minimum Gasteiger partial charge on any atom is -0.489 e. The average molecular weight is 395 g/mol. The second-order valence-electron chi connectivity index (χ2n) is 8.86. The lowest BCUT2D eigenvalue weighted by Crippen LogP contribution is -2.74. The monoisotopic (exact) mass is 394 g/mol. The Balaban J connectivity index is 1.60. The Labute approximate surface area is 170 Å². The van der Waals surface area contributed by atoms with Gasteiger partial charge in [-0.05, 0) is 23.8 Å². The van der Waals surface area contributed by atoms with Crippen molar-refractivity contribution in [3.63, 3.8) is 0 Å². The van der Waals surface area contributed by atoms with Crippen molar-refractivity contribution in [1.29, 1.82) is 0 Å². The molecule has 5 heteroatoms. The highest BCUT2D eigenvalue weighted by molar-refractivity contribution is 6.33. The van der Waals surface area contributed by atoms with Crippen LogP contribution in [0.25, 0.3) is 4.85 Å². The summed E-state index contributed by atoms with van der Waals surface area (Å²) in [4.78, 5) is 18.4. The quantitative estimate of drug-likeness (QED) is 0.623. The first-order valence-corrected chi connectivity index (χ1v) is 9.78. The smallest absolute Gasteiger partial charge is 0.254 e. The van der Waals surface area contributed by atoms with Gasteiger partial charge in [0.25, 0.3) is 5.91 Å². The van der Waals surface area contributed by atoms with Gasteiger partial charge in [0, 0.05) is 29.0 Å². The first-order chi connectivity index (χ1) is 13.2. The normalized spacial score (nSPS) is 24.3. The van der Waals surface area contributed by atoms with E-state index in [0.29, 0.717) is 23.0 Å². The van der Waals surface area contributed by atoms with Crippen LogP contribution in [0.4, 0.5) is 5.69 Å². The highest BCUT2D eigenvalue weighted by atomic mass is 35.5. The Kier molecular flexibility index (Phi) is 4.21. The van der Waals surface area contributed by atoms with Crippen molar-refractivity contribution in [1.82, 2.24) is 4.90 Å². The maximum Gasteiger partial charge on any atom is 0.254 e. The van der Waals surface area contributed by atoms with Gasteiger partial charge in [0.1, 0.15) is 11.9 Å². The number of ether oxygens (including phenoxy) is 1. The van der Waals surface area contributed by atoms with Crippen LogP contribution in [-0.2, 0) is 6.54 Å². The molecular formula is C23H23ClN2O2. The third-order valence-electron chi connectivity index (χ3n) is 6.22. The van der Waals surface area contributed by atoms with Gasteiger partial charge in [0.05, 0.1) is 11.6 Å². The zero-order valence-electron chi connectivity index (χ0n) is 16.5. The molecule has 2 aromatic rings. The van der Waals surface area contributed by atoms with E-state index in [4.69, 9.17) is 22.9 Å². The predicted octanol–water partition coefficient (Wildman–Crippen LogP) is 5.73. The number of fused-ring (bicyclic) bond motifs is 1. The van der Waals surface area contributed by atoms with Gasteiger partial charge >= 0.3 is 0 Å². The van der Waals surface area contributed by atoms with Gasteiger partial charge in [0.2, 0.25) is 5.69 Å². The zero-order valence-corrected chi connectivity index (χ0v) is 17.2. The summed E-state index contributed by atoms with van der Waals surface area (Å²) in [7, 11) is 0. The van der Waals surface area contributed by atoms with Gasteiger partial charge in [-0.15, -0.1) is 0 Å². The van der Waals surface area contributed by atoms with Crippen molar-refractivity contribution in [2.45, 2.75) is 46.4 Å². The lowest BCUT2D eigenvalue weighted by molar-refractivity contribution is -0.199. The van der Waals surface area contributed by atoms with Crippen LogP contribution in [0.3, 0.4) is 0 Å². The van der Waals surface area contributed by atoms with E-state index in [1.807, 2.05) is 29.2 Å². The van der Waals surface area contributed by atoms with E-state index in [9.17, 15) is 4.79 Å². The SMILES string of the molecule is [C-]#[N+]c1ccc(OC2C(C)(C)C(N3Cc4ccccc4C3=O)C2(C)C)cc1Cl. The number of hydrogen-bond donors (Lipinski definition) is 0. The number of nitrogens with zero attached hydrogens (tertiary/aromatic N) is 2. The van der Waals surface area contributed by atoms with E-state index < -0.39 is 0 Å². The highest BCUT2D eigenvalue weighted by Gasteiger charge is 2.66. The predicted molar refractivity (Wildman–Crippen MR) is 110 cm³/mol. The van der Waals surface area contributed by atoms with Gasteiger partial charge in [-0.2, -0.15) is 0 Å². The van der Waals surface area contributed by atoms with Gasteiger partial charge in [-0.3, -0.25) is 4.79 Å². The summed E-state index contributed by atoms with van der Waals surface area (Å²) >= 11 is 6.17. The molecule has 1 heterocycles. The Morgan fingerprint density at radius 2 is 1.82 bits per heavy atom. The summed E-state index contributed by atoms with van der Waals surface area (Å²) in [5.74, 6) is 0.752. The Morgan fingerprint density at radius 3 is 2.43 bits per heavy atom. The van der Waals surface area contributed by atoms with Crippen LogP contribution in [0.2, 0.25) is 5.02 Å². The number of carbonyl (C=O) groups excluding carboxylic acids is 1. The number of carbonyl (C=O) groups is 1. The van der Waals surface area contributed by atoms with Crippen LogP contribution in [0, 0.1) is 17.4 Å². The molecule has 0 N–H and O–H groups in total. The molecule has 0 bridgehead atoms. The maximum absolute atomic E-state index is 13.0. The van der Waals surface area contributed by atoms with E-state index in [1.54, 1.807) is 18.2 Å². The molecule has 1 fully saturated rings. The number of amides is 1. The van der Waals surface area contributed by atoms with Crippen molar-refractivity contribution >= 4 is 23.2 Å². The highest BCUT2D eigenvalue weighted by Crippen LogP contribution is 2.59. The molecule has 0 unspecified atom stereocenters. The number of rotatable bonds is 3. The van der Waals surface area contributed by atoms with Crippen LogP contribution < -0.4 is 4.74 Å². The largest absolute Gasteiger partial charge is 0.489 e. The van der Waals surface area contributed by atoms with Crippen LogP contribution in [0.15, 0.2) is 42.5 Å². The molecule has 1 saturated carbocycles. The molecule has 4 nitrogen and oxygen atoms in total. The standard InChI is InChI=1S/C23H23ClN2O2/c1-22(2)20(26-13-14-8-6-7-9-16(14)19(26)27)23(3,4)21(22)28-15-10-11-18(25-5)17(24)12-15/h6-12,20-21H,13H2,1-4H3. The first-order valence-electron chi connectivity index (χ1n) is 9.40. The second-order valence-corrected chi connectivity index (χ2v) is 9.27. The summed E-state index contributed by atoms with van der Waals surface area (Å²) in [6.45, 7) is 16.4. The number of hydrogen-bond acceptors (Lipinski definition) is 2. The van der Waals surface area contributed by atoms with Crippen LogP contribution in [0.5, 0.6) is 5.75 Å². The van der Waals surface area contributed by atoms with Crippen molar-refractivity contribution in [2.75, 3.05) is 0 Å². The molecule has 28 heavy (non-hydrogen) atoms. The molecule has 2 aliphatic rings. The van der Waals surface area contributed by atoms with E-state index in [0.717, 1.165) is 11.1 Å². The zero-order chi connectivity index (χ0) is 20.3. The van der Waals surface area contributed by atoms with E-state index in [1.165, 1.54) is 0 Å². The van der Waals surface area contributed by atoms with E-state index in [-0.39, 0.29) is 28.9 Å². The average Bonchev–Trinajstić information content (AvgIpc) is 2.95. The van der Waals surface area contributed by atoms with Crippen molar-refractivity contribution in [2.24, 2.45) is 10.8 Å². The molecule has 1 aliphatic heterocycles. The molecule has 2 aromatic carbocycles. The molecule has 1 aliphatic carbocycles. The molecule has 0 aromatic heterocycles. The van der Waals surface area contributed by atoms with Gasteiger partial charge in [-0.1, -0.05) is 63.6 Å². The molecular weight excluding hydrogens is 372 g/mol. The number of halogens is 1. The topological polar surface area (TPSA) is 33.9 Å². The summed E-state index contributed by atoms with van der Waals surface area (Å²) in [5.41, 5.74) is 1.85. The van der Waals surface area contributed by atoms with Gasteiger partial charge in [-0.25, -0.2) is 4.85 Å². The lowest BCUT2D eigenvalue weighted by atomic mass is 9.49. The molecule has 144 valence electrons. The lowest BCUT2D eigenvalue weighted by Gasteiger charge is -2.65. The van der Waals surface area contributed by atoms with Gasteiger partial charge in [0.15, 0.2) is 0 Å². The summed E-state index contributed by atoms with van der Waals surface area (Å²) < 4.78 is 6.34. The molecule has 0 spiro atoms. The molecule has 0 radical (unpaired) electrons. The van der Waals surface area contributed by atoms with Crippen LogP contribution in [0.1, 0.15) is 43.6 Å². The van der Waals surface area contributed by atoms with E-state index >= 15 is 0 Å². The summed E-state index contributed by atoms with van der Waals surface area (Å²) in [6, 6.07) is 13.1. The Morgan fingerprint density at radius 1 is 1.14 bits per heavy atom. The van der Waals surface area contributed by atoms with Gasteiger partial charge < -0.3 is 9.64 Å². The first kappa shape index (κ1) is 18.8. The molecule has 0 saturated heterocycles. The van der Waals surface area contributed by atoms with Crippen LogP contribution in [-0.4, -0.2) is 23.0 Å². The Bertz CT molecular complexity index is 990. The summed E-state index contributed by atoms with van der Waals surface area (Å²) in [6.07, 6.45) is -0.0867. The third kappa shape index (κ3) is 2.61. The second kappa shape index (κ2) is 6.25. The van der Waals surface area contributed by atoms with E-state index in [2.05, 4.69) is 32.5 Å². The maximum atomic E-state index is 13.0. The fraction of sp³-hybridized carbons (Fsp3) is 0.391. The third-order valence-corrected chi connectivity index (χ3v) is 6.52. The summed E-state index contributed by atoms with van der Waals surface area (Å²) in [5, 5.41) is 0.393. The molecule has 0 atom stereocenters. The van der Waals surface area contributed by atoms with Crippen molar-refractivity contribution < 1.29 is 9.53 Å². The molecule has 1 amide bonds. The minimum absolute atomic E-state index is 0.0582.